The lowest BCUT2D eigenvalue weighted by molar-refractivity contribution is -0.136. The highest BCUT2D eigenvalue weighted by molar-refractivity contribution is 5.83. The molecule has 1 aromatic heterocycles. The summed E-state index contributed by atoms with van der Waals surface area (Å²) in [6.07, 6.45) is 7.59. The maximum atomic E-state index is 13.3. The van der Waals surface area contributed by atoms with Crippen molar-refractivity contribution in [2.45, 2.75) is 33.1 Å². The summed E-state index contributed by atoms with van der Waals surface area (Å²) in [5.74, 6) is 0.0491. The second-order valence-corrected chi connectivity index (χ2v) is 8.21. The fourth-order valence-electron chi connectivity index (χ4n) is 4.34. The highest BCUT2D eigenvalue weighted by Crippen LogP contribution is 2.24. The number of rotatable bonds is 8. The molecule has 0 radical (unpaired) electrons. The number of carbonyl (C=O) groups excluding carboxylic acids is 2. The van der Waals surface area contributed by atoms with Crippen LogP contribution in [0, 0.1) is 11.8 Å². The molecule has 1 atom stereocenters. The summed E-state index contributed by atoms with van der Waals surface area (Å²) in [6.45, 7) is 10.0. The van der Waals surface area contributed by atoms with Gasteiger partial charge in [-0.2, -0.15) is 0 Å². The van der Waals surface area contributed by atoms with Gasteiger partial charge in [0.25, 0.3) is 0 Å². The van der Waals surface area contributed by atoms with Crippen LogP contribution in [0.2, 0.25) is 0 Å². The molecule has 0 bridgehead atoms. The maximum Gasteiger partial charge on any atom is 0.228 e. The standard InChI is InChI=1S/C26H33N3O2/c1-4-14-28-15-16-29(25(30)21(5-2)6-3)19-24(26(28)31)18-20-8-7-9-23(17-20)22-10-12-27-13-11-22/h4,7-13,17,21,24H,1,5-6,14-16,18-19H2,2-3H3/t24-/m1/s1. The number of pyridine rings is 1. The molecule has 2 amide bonds. The van der Waals surface area contributed by atoms with Crippen molar-refractivity contribution in [3.8, 4) is 11.1 Å². The predicted molar refractivity (Wildman–Crippen MR) is 124 cm³/mol. The first-order valence-electron chi connectivity index (χ1n) is 11.2. The Morgan fingerprint density at radius 3 is 2.58 bits per heavy atom. The molecule has 5 nitrogen and oxygen atoms in total. The van der Waals surface area contributed by atoms with E-state index in [1.54, 1.807) is 18.5 Å². The minimum absolute atomic E-state index is 0.0247. The van der Waals surface area contributed by atoms with Gasteiger partial charge in [-0.1, -0.05) is 44.2 Å². The molecule has 0 unspecified atom stereocenters. The Hall–Kier alpha value is -2.95. The number of aromatic nitrogens is 1. The Kier molecular flexibility index (Phi) is 7.99. The summed E-state index contributed by atoms with van der Waals surface area (Å²) < 4.78 is 0. The third kappa shape index (κ3) is 5.60. The van der Waals surface area contributed by atoms with Crippen LogP contribution in [-0.2, 0) is 16.0 Å². The monoisotopic (exact) mass is 419 g/mol. The van der Waals surface area contributed by atoms with E-state index in [2.05, 4.69) is 43.6 Å². The third-order valence-electron chi connectivity index (χ3n) is 6.16. The molecular formula is C26H33N3O2. The van der Waals surface area contributed by atoms with Crippen molar-refractivity contribution < 1.29 is 9.59 Å². The van der Waals surface area contributed by atoms with Crippen LogP contribution in [0.5, 0.6) is 0 Å². The van der Waals surface area contributed by atoms with Gasteiger partial charge in [-0.25, -0.2) is 0 Å². The summed E-state index contributed by atoms with van der Waals surface area (Å²) in [5, 5.41) is 0. The molecule has 1 aliphatic rings. The van der Waals surface area contributed by atoms with Gasteiger partial charge >= 0.3 is 0 Å². The molecule has 0 saturated carbocycles. The van der Waals surface area contributed by atoms with E-state index in [-0.39, 0.29) is 23.7 Å². The van der Waals surface area contributed by atoms with Crippen molar-refractivity contribution in [2.75, 3.05) is 26.2 Å². The van der Waals surface area contributed by atoms with E-state index in [1.807, 2.05) is 28.0 Å². The van der Waals surface area contributed by atoms with Gasteiger partial charge in [0.1, 0.15) is 0 Å². The minimum atomic E-state index is -0.256. The van der Waals surface area contributed by atoms with Gasteiger partial charge in [0.2, 0.25) is 11.8 Å². The van der Waals surface area contributed by atoms with Gasteiger partial charge in [0, 0.05) is 44.5 Å². The molecule has 0 spiro atoms. The van der Waals surface area contributed by atoms with Gasteiger partial charge in [-0.05, 0) is 48.1 Å². The first-order valence-corrected chi connectivity index (χ1v) is 11.2. The molecule has 164 valence electrons. The predicted octanol–water partition coefficient (Wildman–Crippen LogP) is 4.20. The topological polar surface area (TPSA) is 53.5 Å². The van der Waals surface area contributed by atoms with Crippen molar-refractivity contribution in [3.05, 3.63) is 67.0 Å². The molecule has 1 aliphatic heterocycles. The van der Waals surface area contributed by atoms with E-state index in [1.165, 1.54) is 0 Å². The lowest BCUT2D eigenvalue weighted by atomic mass is 9.94. The molecule has 0 aliphatic carbocycles. The summed E-state index contributed by atoms with van der Waals surface area (Å²) in [6, 6.07) is 12.3. The van der Waals surface area contributed by atoms with Crippen LogP contribution in [-0.4, -0.2) is 52.8 Å². The van der Waals surface area contributed by atoms with E-state index in [0.717, 1.165) is 29.5 Å². The third-order valence-corrected chi connectivity index (χ3v) is 6.16. The normalized spacial score (nSPS) is 17.0. The zero-order valence-corrected chi connectivity index (χ0v) is 18.7. The van der Waals surface area contributed by atoms with E-state index >= 15 is 0 Å². The molecule has 3 rings (SSSR count). The lowest BCUT2D eigenvalue weighted by Gasteiger charge is -2.27. The molecule has 1 saturated heterocycles. The van der Waals surface area contributed by atoms with Crippen molar-refractivity contribution in [2.24, 2.45) is 11.8 Å². The molecule has 2 heterocycles. The number of carbonyl (C=O) groups is 2. The lowest BCUT2D eigenvalue weighted by Crippen LogP contribution is -2.40. The summed E-state index contributed by atoms with van der Waals surface area (Å²) in [5.41, 5.74) is 3.31. The zero-order valence-electron chi connectivity index (χ0n) is 18.7. The molecule has 2 aromatic rings. The number of hydrogen-bond acceptors (Lipinski definition) is 3. The van der Waals surface area contributed by atoms with Crippen LogP contribution in [0.4, 0.5) is 0 Å². The van der Waals surface area contributed by atoms with Crippen molar-refractivity contribution in [3.63, 3.8) is 0 Å². The summed E-state index contributed by atoms with van der Waals surface area (Å²) >= 11 is 0. The molecule has 5 heteroatoms. The minimum Gasteiger partial charge on any atom is -0.340 e. The van der Waals surface area contributed by atoms with E-state index in [9.17, 15) is 9.59 Å². The Labute approximate surface area is 185 Å². The van der Waals surface area contributed by atoms with Gasteiger partial charge < -0.3 is 9.80 Å². The van der Waals surface area contributed by atoms with Gasteiger partial charge in [0.15, 0.2) is 0 Å². The number of amides is 2. The van der Waals surface area contributed by atoms with Crippen LogP contribution in [0.1, 0.15) is 32.3 Å². The van der Waals surface area contributed by atoms with Crippen LogP contribution >= 0.6 is 0 Å². The molecule has 1 fully saturated rings. The second kappa shape index (κ2) is 10.9. The van der Waals surface area contributed by atoms with E-state index in [4.69, 9.17) is 0 Å². The SMILES string of the molecule is C=CCN1CCN(C(=O)C(CC)CC)C[C@@H](Cc2cccc(-c3ccncc3)c2)C1=O. The fraction of sp³-hybridized carbons (Fsp3) is 0.423. The van der Waals surface area contributed by atoms with Crippen LogP contribution < -0.4 is 0 Å². The van der Waals surface area contributed by atoms with Gasteiger partial charge in [-0.15, -0.1) is 6.58 Å². The van der Waals surface area contributed by atoms with Crippen LogP contribution in [0.25, 0.3) is 11.1 Å². The number of nitrogens with zero attached hydrogens (tertiary/aromatic N) is 3. The molecule has 1 aromatic carbocycles. The first-order chi connectivity index (χ1) is 15.1. The number of benzene rings is 1. The quantitative estimate of drug-likeness (QED) is 0.603. The van der Waals surface area contributed by atoms with Gasteiger partial charge in [0.05, 0.1) is 5.92 Å². The number of hydrogen-bond donors (Lipinski definition) is 0. The highest BCUT2D eigenvalue weighted by atomic mass is 16.2. The molecular weight excluding hydrogens is 386 g/mol. The van der Waals surface area contributed by atoms with E-state index < -0.39 is 0 Å². The Morgan fingerprint density at radius 2 is 1.90 bits per heavy atom. The average molecular weight is 420 g/mol. The second-order valence-electron chi connectivity index (χ2n) is 8.21. The Bertz CT molecular complexity index is 893. The maximum absolute atomic E-state index is 13.3. The van der Waals surface area contributed by atoms with Gasteiger partial charge in [-0.3, -0.25) is 14.6 Å². The smallest absolute Gasteiger partial charge is 0.228 e. The highest BCUT2D eigenvalue weighted by Gasteiger charge is 2.33. The fourth-order valence-corrected chi connectivity index (χ4v) is 4.34. The van der Waals surface area contributed by atoms with Crippen molar-refractivity contribution >= 4 is 11.8 Å². The van der Waals surface area contributed by atoms with Crippen molar-refractivity contribution in [1.82, 2.24) is 14.8 Å². The van der Waals surface area contributed by atoms with E-state index in [0.29, 0.717) is 32.6 Å². The summed E-state index contributed by atoms with van der Waals surface area (Å²) in [4.78, 5) is 34.2. The van der Waals surface area contributed by atoms with Crippen LogP contribution in [0.15, 0.2) is 61.4 Å². The van der Waals surface area contributed by atoms with Crippen molar-refractivity contribution in [1.29, 1.82) is 0 Å². The largest absolute Gasteiger partial charge is 0.340 e. The van der Waals surface area contributed by atoms with Crippen LogP contribution in [0.3, 0.4) is 0 Å². The first kappa shape index (κ1) is 22.7. The average Bonchev–Trinajstić information content (AvgIpc) is 2.95. The Balaban J connectivity index is 1.84. The molecule has 31 heavy (non-hydrogen) atoms. The Morgan fingerprint density at radius 1 is 1.16 bits per heavy atom. The molecule has 0 N–H and O–H groups in total. The summed E-state index contributed by atoms with van der Waals surface area (Å²) in [7, 11) is 0. The zero-order chi connectivity index (χ0) is 22.2.